The smallest absolute Gasteiger partial charge is 0.408 e. The first-order chi connectivity index (χ1) is 17.4. The lowest BCUT2D eigenvalue weighted by Crippen LogP contribution is -2.42. The Hall–Kier alpha value is -4.09. The highest BCUT2D eigenvalue weighted by molar-refractivity contribution is 7.21. The molecular formula is C25H21FN4O5S. The second kappa shape index (κ2) is 9.51. The van der Waals surface area contributed by atoms with Crippen LogP contribution in [0.3, 0.4) is 0 Å². The van der Waals surface area contributed by atoms with Gasteiger partial charge in [0.1, 0.15) is 16.9 Å². The Morgan fingerprint density at radius 2 is 2.00 bits per heavy atom. The van der Waals surface area contributed by atoms with Gasteiger partial charge in [0.2, 0.25) is 5.91 Å². The van der Waals surface area contributed by atoms with Crippen molar-refractivity contribution in [3.8, 4) is 16.3 Å². The average Bonchev–Trinajstić information content (AvgIpc) is 3.50. The zero-order valence-corrected chi connectivity index (χ0v) is 19.9. The van der Waals surface area contributed by atoms with Crippen LogP contribution in [0.5, 0.6) is 0 Å². The first-order valence-corrected chi connectivity index (χ1v) is 11.9. The van der Waals surface area contributed by atoms with Gasteiger partial charge in [0, 0.05) is 25.8 Å². The van der Waals surface area contributed by atoms with Gasteiger partial charge in [-0.2, -0.15) is 0 Å². The Bertz CT molecular complexity index is 1500. The number of carbonyl (C=O) groups is 2. The number of carbonyl (C=O) groups excluding carboxylic acids is 1. The van der Waals surface area contributed by atoms with Crippen molar-refractivity contribution < 1.29 is 23.8 Å². The number of aromatic nitrogens is 2. The number of carboxylic acid groups (broad SMARTS) is 1. The molecule has 0 saturated carbocycles. The van der Waals surface area contributed by atoms with E-state index in [2.05, 4.69) is 10.3 Å². The molecule has 3 heterocycles. The van der Waals surface area contributed by atoms with E-state index in [0.717, 1.165) is 21.2 Å². The second-order valence-electron chi connectivity index (χ2n) is 8.28. The maximum atomic E-state index is 15.0. The molecule has 2 aromatic heterocycles. The van der Waals surface area contributed by atoms with Crippen LogP contribution in [0.4, 0.5) is 14.9 Å². The molecule has 2 amide bonds. The van der Waals surface area contributed by atoms with Gasteiger partial charge in [0.25, 0.3) is 5.56 Å². The van der Waals surface area contributed by atoms with E-state index in [1.54, 1.807) is 12.1 Å². The van der Waals surface area contributed by atoms with Crippen molar-refractivity contribution in [3.63, 3.8) is 0 Å². The van der Waals surface area contributed by atoms with Gasteiger partial charge < -0.3 is 15.2 Å². The number of fused-ring (bicyclic) bond motifs is 1. The molecule has 4 aromatic rings. The molecule has 0 aliphatic carbocycles. The molecule has 0 radical (unpaired) electrons. The van der Waals surface area contributed by atoms with Crippen molar-refractivity contribution >= 4 is 39.2 Å². The molecule has 0 unspecified atom stereocenters. The molecule has 2 aromatic carbocycles. The van der Waals surface area contributed by atoms with Crippen molar-refractivity contribution in [2.45, 2.75) is 18.6 Å². The van der Waals surface area contributed by atoms with Gasteiger partial charge in [0.05, 0.1) is 39.8 Å². The summed E-state index contributed by atoms with van der Waals surface area (Å²) >= 11 is 1.40. The zero-order valence-electron chi connectivity index (χ0n) is 19.1. The molecule has 1 saturated heterocycles. The molecule has 1 aliphatic rings. The molecule has 2 atom stereocenters. The standard InChI is InChI=1S/C25H21FN4O5S/c1-35-15-12-20(30(13-15)25(33)34)22(31)27-18-9-8-14(11-17(18)26)29-10-4-5-16(24(29)32)23-28-19-6-2-3-7-21(19)36-23/h2-11,15,20H,12-13H2,1H3,(H,27,31)(H,33,34)/t15-,20-/m1/s1. The fourth-order valence-corrected chi connectivity index (χ4v) is 5.23. The van der Waals surface area contributed by atoms with Crippen LogP contribution < -0.4 is 10.9 Å². The zero-order chi connectivity index (χ0) is 25.4. The lowest BCUT2D eigenvalue weighted by Gasteiger charge is -2.20. The first kappa shape index (κ1) is 23.6. The number of likely N-dealkylation sites (tertiary alicyclic amines) is 1. The highest BCUT2D eigenvalue weighted by Gasteiger charge is 2.40. The number of halogens is 1. The summed E-state index contributed by atoms with van der Waals surface area (Å²) in [7, 11) is 1.44. The molecule has 184 valence electrons. The molecule has 5 rings (SSSR count). The number of hydrogen-bond acceptors (Lipinski definition) is 6. The van der Waals surface area contributed by atoms with E-state index in [-0.39, 0.29) is 29.9 Å². The topological polar surface area (TPSA) is 114 Å². The number of para-hydroxylation sites is 1. The van der Waals surface area contributed by atoms with Crippen LogP contribution in [-0.2, 0) is 9.53 Å². The molecule has 1 aliphatic heterocycles. The monoisotopic (exact) mass is 508 g/mol. The van der Waals surface area contributed by atoms with E-state index >= 15 is 0 Å². The quantitative estimate of drug-likeness (QED) is 0.422. The van der Waals surface area contributed by atoms with Gasteiger partial charge >= 0.3 is 6.09 Å². The number of thiazole rings is 1. The van der Waals surface area contributed by atoms with Crippen LogP contribution in [-0.4, -0.2) is 57.4 Å². The fraction of sp³-hybridized carbons (Fsp3) is 0.200. The minimum atomic E-state index is -1.25. The lowest BCUT2D eigenvalue weighted by molar-refractivity contribution is -0.120. The van der Waals surface area contributed by atoms with Crippen LogP contribution in [0, 0.1) is 5.82 Å². The van der Waals surface area contributed by atoms with Crippen molar-refractivity contribution in [2.24, 2.45) is 0 Å². The minimum Gasteiger partial charge on any atom is -0.465 e. The van der Waals surface area contributed by atoms with E-state index in [9.17, 15) is 23.9 Å². The molecule has 9 nitrogen and oxygen atoms in total. The summed E-state index contributed by atoms with van der Waals surface area (Å²) in [6.45, 7) is 0.0548. The number of pyridine rings is 1. The maximum absolute atomic E-state index is 15.0. The van der Waals surface area contributed by atoms with Gasteiger partial charge in [-0.1, -0.05) is 12.1 Å². The Morgan fingerprint density at radius 1 is 1.19 bits per heavy atom. The SMILES string of the molecule is CO[C@@H]1C[C@H](C(=O)Nc2ccc(-n3cccc(-c4nc5ccccc5s4)c3=O)cc2F)N(C(=O)O)C1. The number of anilines is 1. The van der Waals surface area contributed by atoms with Gasteiger partial charge in [-0.05, 0) is 36.4 Å². The summed E-state index contributed by atoms with van der Waals surface area (Å²) in [5.41, 5.74) is 0.968. The Balaban J connectivity index is 1.40. The summed E-state index contributed by atoms with van der Waals surface area (Å²) in [6.07, 6.45) is 0.0272. The van der Waals surface area contributed by atoms with Crippen LogP contribution >= 0.6 is 11.3 Å². The predicted octanol–water partition coefficient (Wildman–Crippen LogP) is 3.96. The van der Waals surface area contributed by atoms with Crippen molar-refractivity contribution in [1.29, 1.82) is 0 Å². The number of rotatable bonds is 5. The lowest BCUT2D eigenvalue weighted by atomic mass is 10.1. The molecule has 36 heavy (non-hydrogen) atoms. The maximum Gasteiger partial charge on any atom is 0.408 e. The number of nitrogens with zero attached hydrogens (tertiary/aromatic N) is 3. The molecule has 11 heteroatoms. The third-order valence-corrected chi connectivity index (χ3v) is 7.17. The van der Waals surface area contributed by atoms with Gasteiger partial charge in [-0.3, -0.25) is 19.1 Å². The number of ether oxygens (including phenoxy) is 1. The minimum absolute atomic E-state index is 0.0548. The number of nitrogens with one attached hydrogen (secondary N) is 1. The Labute approximate surface area is 208 Å². The average molecular weight is 509 g/mol. The van der Waals surface area contributed by atoms with E-state index in [4.69, 9.17) is 4.74 Å². The molecule has 0 bridgehead atoms. The van der Waals surface area contributed by atoms with Crippen LogP contribution in [0.25, 0.3) is 26.5 Å². The predicted molar refractivity (Wildman–Crippen MR) is 133 cm³/mol. The highest BCUT2D eigenvalue weighted by atomic mass is 32.1. The van der Waals surface area contributed by atoms with E-state index in [1.165, 1.54) is 41.3 Å². The van der Waals surface area contributed by atoms with Crippen molar-refractivity contribution in [1.82, 2.24) is 14.5 Å². The van der Waals surface area contributed by atoms with E-state index < -0.39 is 30.0 Å². The summed E-state index contributed by atoms with van der Waals surface area (Å²) in [4.78, 5) is 43.0. The van der Waals surface area contributed by atoms with Gasteiger partial charge in [0.15, 0.2) is 0 Å². The number of amides is 2. The Morgan fingerprint density at radius 3 is 2.72 bits per heavy atom. The highest BCUT2D eigenvalue weighted by Crippen LogP contribution is 2.29. The molecule has 0 spiro atoms. The van der Waals surface area contributed by atoms with Crippen LogP contribution in [0.2, 0.25) is 0 Å². The summed E-state index contributed by atoms with van der Waals surface area (Å²) < 4.78 is 22.4. The summed E-state index contributed by atoms with van der Waals surface area (Å²) in [5.74, 6) is -1.42. The summed E-state index contributed by atoms with van der Waals surface area (Å²) in [5, 5.41) is 12.4. The van der Waals surface area contributed by atoms with Crippen LogP contribution in [0.15, 0.2) is 65.6 Å². The first-order valence-electron chi connectivity index (χ1n) is 11.1. The largest absolute Gasteiger partial charge is 0.465 e. The van der Waals surface area contributed by atoms with Crippen molar-refractivity contribution in [3.05, 3.63) is 77.0 Å². The normalized spacial score (nSPS) is 17.4. The van der Waals surface area contributed by atoms with E-state index in [0.29, 0.717) is 10.6 Å². The third kappa shape index (κ3) is 4.34. The summed E-state index contributed by atoms with van der Waals surface area (Å²) in [6, 6.07) is 13.9. The molecule has 2 N–H and O–H groups in total. The fourth-order valence-electron chi connectivity index (χ4n) is 4.25. The van der Waals surface area contributed by atoms with Crippen LogP contribution in [0.1, 0.15) is 6.42 Å². The van der Waals surface area contributed by atoms with Gasteiger partial charge in [-0.25, -0.2) is 14.2 Å². The van der Waals surface area contributed by atoms with Gasteiger partial charge in [-0.15, -0.1) is 11.3 Å². The molecular weight excluding hydrogens is 487 g/mol. The van der Waals surface area contributed by atoms with Crippen molar-refractivity contribution in [2.75, 3.05) is 19.0 Å². The Kier molecular flexibility index (Phi) is 6.25. The number of hydrogen-bond donors (Lipinski definition) is 2. The second-order valence-corrected chi connectivity index (χ2v) is 9.31. The number of benzene rings is 2. The van der Waals surface area contributed by atoms with E-state index in [1.807, 2.05) is 24.3 Å². The third-order valence-electron chi connectivity index (χ3n) is 6.10. The number of methoxy groups -OCH3 is 1. The molecule has 1 fully saturated rings.